The van der Waals surface area contributed by atoms with E-state index >= 15 is 0 Å². The van der Waals surface area contributed by atoms with E-state index in [2.05, 4.69) is 5.32 Å². The van der Waals surface area contributed by atoms with Gasteiger partial charge in [0.1, 0.15) is 0 Å². The van der Waals surface area contributed by atoms with E-state index in [0.717, 1.165) is 23.3 Å². The van der Waals surface area contributed by atoms with Gasteiger partial charge in [0, 0.05) is 12.2 Å². The third-order valence-electron chi connectivity index (χ3n) is 2.89. The second kappa shape index (κ2) is 5.96. The molecule has 0 atom stereocenters. The first-order chi connectivity index (χ1) is 9.49. The molecule has 2 aromatic carbocycles. The molecule has 2 nitrogen and oxygen atoms in total. The molecule has 0 saturated heterocycles. The Morgan fingerprint density at radius 3 is 2.20 bits per heavy atom. The highest BCUT2D eigenvalue weighted by Crippen LogP contribution is 2.30. The number of benzene rings is 2. The van der Waals surface area contributed by atoms with Crippen LogP contribution in [0.1, 0.15) is 16.7 Å². The van der Waals surface area contributed by atoms with Gasteiger partial charge in [-0.15, -0.1) is 0 Å². The van der Waals surface area contributed by atoms with E-state index in [-0.39, 0.29) is 6.61 Å². The monoisotopic (exact) mass is 281 g/mol. The lowest BCUT2D eigenvalue weighted by Crippen LogP contribution is -2.06. The minimum Gasteiger partial charge on any atom is -0.392 e. The predicted molar refractivity (Wildman–Crippen MR) is 71.1 cm³/mol. The lowest BCUT2D eigenvalue weighted by molar-refractivity contribution is -0.137. The summed E-state index contributed by atoms with van der Waals surface area (Å²) >= 11 is 0. The van der Waals surface area contributed by atoms with Gasteiger partial charge < -0.3 is 10.4 Å². The average Bonchev–Trinajstić information content (AvgIpc) is 2.45. The second-order valence-electron chi connectivity index (χ2n) is 4.41. The number of aliphatic hydroxyl groups is 1. The molecule has 20 heavy (non-hydrogen) atoms. The highest BCUT2D eigenvalue weighted by atomic mass is 19.4. The predicted octanol–water partition coefficient (Wildman–Crippen LogP) is 3.81. The molecule has 106 valence electrons. The van der Waals surface area contributed by atoms with Crippen molar-refractivity contribution in [2.75, 3.05) is 5.32 Å². The Morgan fingerprint density at radius 2 is 1.60 bits per heavy atom. The van der Waals surface area contributed by atoms with Crippen LogP contribution >= 0.6 is 0 Å². The molecule has 0 aromatic heterocycles. The van der Waals surface area contributed by atoms with Crippen molar-refractivity contribution in [2.45, 2.75) is 19.3 Å². The lowest BCUT2D eigenvalue weighted by Gasteiger charge is -2.11. The van der Waals surface area contributed by atoms with Gasteiger partial charge in [-0.3, -0.25) is 0 Å². The molecular weight excluding hydrogens is 267 g/mol. The second-order valence-corrected chi connectivity index (χ2v) is 4.41. The van der Waals surface area contributed by atoms with Crippen LogP contribution < -0.4 is 5.32 Å². The number of alkyl halides is 3. The molecule has 2 aromatic rings. The zero-order chi connectivity index (χ0) is 14.6. The first-order valence-electron chi connectivity index (χ1n) is 6.09. The first-order valence-corrected chi connectivity index (χ1v) is 6.09. The van der Waals surface area contributed by atoms with Gasteiger partial charge in [0.15, 0.2) is 0 Å². The Labute approximate surface area is 114 Å². The van der Waals surface area contributed by atoms with Crippen molar-refractivity contribution in [3.63, 3.8) is 0 Å². The Balaban J connectivity index is 2.03. The summed E-state index contributed by atoms with van der Waals surface area (Å²) < 4.78 is 37.7. The Bertz CT molecular complexity index is 564. The van der Waals surface area contributed by atoms with Crippen molar-refractivity contribution >= 4 is 5.69 Å². The molecule has 2 N–H and O–H groups in total. The van der Waals surface area contributed by atoms with Crippen LogP contribution in [0.4, 0.5) is 18.9 Å². The van der Waals surface area contributed by atoms with E-state index < -0.39 is 11.7 Å². The van der Waals surface area contributed by atoms with Gasteiger partial charge in [-0.1, -0.05) is 30.3 Å². The van der Waals surface area contributed by atoms with Crippen molar-refractivity contribution < 1.29 is 18.3 Å². The number of hydrogen-bond acceptors (Lipinski definition) is 2. The molecule has 0 bridgehead atoms. The van der Waals surface area contributed by atoms with Crippen LogP contribution in [0.3, 0.4) is 0 Å². The molecule has 0 amide bonds. The van der Waals surface area contributed by atoms with Crippen molar-refractivity contribution in [3.05, 3.63) is 65.2 Å². The van der Waals surface area contributed by atoms with Crippen LogP contribution in [0.5, 0.6) is 0 Å². The number of halogens is 3. The van der Waals surface area contributed by atoms with Gasteiger partial charge in [-0.2, -0.15) is 13.2 Å². The molecule has 5 heteroatoms. The first kappa shape index (κ1) is 14.4. The quantitative estimate of drug-likeness (QED) is 0.893. The fraction of sp³-hybridized carbons (Fsp3) is 0.200. The summed E-state index contributed by atoms with van der Waals surface area (Å²) in [7, 11) is 0. The zero-order valence-corrected chi connectivity index (χ0v) is 10.6. The van der Waals surface area contributed by atoms with Crippen molar-refractivity contribution in [1.29, 1.82) is 0 Å². The Morgan fingerprint density at radius 1 is 0.950 bits per heavy atom. The smallest absolute Gasteiger partial charge is 0.392 e. The molecule has 0 aliphatic heterocycles. The normalized spacial score (nSPS) is 11.4. The molecule has 0 spiro atoms. The van der Waals surface area contributed by atoms with Crippen LogP contribution in [0, 0.1) is 0 Å². The summed E-state index contributed by atoms with van der Waals surface area (Å²) in [6, 6.07) is 12.3. The molecule has 0 saturated carbocycles. The van der Waals surface area contributed by atoms with Crippen LogP contribution in [-0.4, -0.2) is 5.11 Å². The topological polar surface area (TPSA) is 32.3 Å². The van der Waals surface area contributed by atoms with Crippen molar-refractivity contribution in [3.8, 4) is 0 Å². The van der Waals surface area contributed by atoms with Crippen LogP contribution in [0.25, 0.3) is 0 Å². The van der Waals surface area contributed by atoms with E-state index in [1.807, 2.05) is 12.1 Å². The van der Waals surface area contributed by atoms with Gasteiger partial charge in [0.05, 0.1) is 12.2 Å². The van der Waals surface area contributed by atoms with E-state index in [1.165, 1.54) is 6.07 Å². The fourth-order valence-electron chi connectivity index (χ4n) is 1.77. The molecule has 0 aliphatic rings. The van der Waals surface area contributed by atoms with E-state index in [0.29, 0.717) is 12.2 Å². The lowest BCUT2D eigenvalue weighted by atomic mass is 10.1. The number of rotatable bonds is 4. The van der Waals surface area contributed by atoms with Gasteiger partial charge >= 0.3 is 6.18 Å². The summed E-state index contributed by atoms with van der Waals surface area (Å²) in [5.74, 6) is 0. The van der Waals surface area contributed by atoms with Crippen LogP contribution in [0.15, 0.2) is 48.5 Å². The third kappa shape index (κ3) is 3.74. The molecule has 0 aliphatic carbocycles. The molecule has 0 radical (unpaired) electrons. The zero-order valence-electron chi connectivity index (χ0n) is 10.6. The minimum absolute atomic E-state index is 0.0265. The molecule has 0 heterocycles. The summed E-state index contributed by atoms with van der Waals surface area (Å²) in [6.45, 7) is 0.397. The van der Waals surface area contributed by atoms with Gasteiger partial charge in [-0.25, -0.2) is 0 Å². The van der Waals surface area contributed by atoms with Crippen LogP contribution in [0.2, 0.25) is 0 Å². The minimum atomic E-state index is -4.33. The molecule has 2 rings (SSSR count). The molecule has 0 unspecified atom stereocenters. The summed E-state index contributed by atoms with van der Waals surface area (Å²) in [4.78, 5) is 0. The maximum atomic E-state index is 12.6. The van der Waals surface area contributed by atoms with Crippen molar-refractivity contribution in [2.24, 2.45) is 0 Å². The van der Waals surface area contributed by atoms with Gasteiger partial charge in [-0.05, 0) is 29.3 Å². The SMILES string of the molecule is OCc1ccc(CNc2cccc(C(F)(F)F)c2)cc1. The summed E-state index contributed by atoms with van der Waals surface area (Å²) in [6.07, 6.45) is -4.33. The number of hydrogen-bond donors (Lipinski definition) is 2. The number of aliphatic hydroxyl groups excluding tert-OH is 1. The van der Waals surface area contributed by atoms with E-state index in [4.69, 9.17) is 5.11 Å². The highest BCUT2D eigenvalue weighted by molar-refractivity contribution is 5.47. The fourth-order valence-corrected chi connectivity index (χ4v) is 1.77. The van der Waals surface area contributed by atoms with Crippen molar-refractivity contribution in [1.82, 2.24) is 0 Å². The summed E-state index contributed by atoms with van der Waals surface area (Å²) in [5.41, 5.74) is 1.48. The van der Waals surface area contributed by atoms with E-state index in [1.54, 1.807) is 18.2 Å². The molecular formula is C15H14F3NO. The highest BCUT2D eigenvalue weighted by Gasteiger charge is 2.30. The number of nitrogens with one attached hydrogen (secondary N) is 1. The van der Waals surface area contributed by atoms with Gasteiger partial charge in [0.2, 0.25) is 0 Å². The maximum absolute atomic E-state index is 12.6. The Kier molecular flexibility index (Phi) is 4.29. The van der Waals surface area contributed by atoms with Gasteiger partial charge in [0.25, 0.3) is 0 Å². The standard InChI is InChI=1S/C15H14F3NO/c16-15(17,18)13-2-1-3-14(8-13)19-9-11-4-6-12(10-20)7-5-11/h1-8,19-20H,9-10H2. The average molecular weight is 281 g/mol. The summed E-state index contributed by atoms with van der Waals surface area (Å²) in [5, 5.41) is 11.9. The third-order valence-corrected chi connectivity index (χ3v) is 2.89. The Hall–Kier alpha value is -2.01. The number of anilines is 1. The molecule has 0 fully saturated rings. The van der Waals surface area contributed by atoms with Crippen LogP contribution in [-0.2, 0) is 19.3 Å². The maximum Gasteiger partial charge on any atom is 0.416 e. The largest absolute Gasteiger partial charge is 0.416 e. The van der Waals surface area contributed by atoms with E-state index in [9.17, 15) is 13.2 Å².